The average molecular weight is 266 g/mol. The molecule has 2 unspecified atom stereocenters. The molecule has 102 valence electrons. The predicted molar refractivity (Wildman–Crippen MR) is 80.0 cm³/mol. The Morgan fingerprint density at radius 1 is 1.56 bits per heavy atom. The summed E-state index contributed by atoms with van der Waals surface area (Å²) in [5, 5.41) is 0.595. The van der Waals surface area contributed by atoms with Gasteiger partial charge in [-0.2, -0.15) is 11.8 Å². The van der Waals surface area contributed by atoms with Crippen LogP contribution < -0.4 is 0 Å². The van der Waals surface area contributed by atoms with Crippen LogP contribution in [0, 0.1) is 11.3 Å². The van der Waals surface area contributed by atoms with Crippen LogP contribution in [0.1, 0.15) is 59.3 Å². The second kappa shape index (κ2) is 5.81. The largest absolute Gasteiger partial charge is 0.299 e. The van der Waals surface area contributed by atoms with Gasteiger partial charge in [-0.1, -0.05) is 31.9 Å². The summed E-state index contributed by atoms with van der Waals surface area (Å²) < 4.78 is 0. The van der Waals surface area contributed by atoms with Gasteiger partial charge in [0.25, 0.3) is 0 Å². The van der Waals surface area contributed by atoms with Crippen molar-refractivity contribution in [3.05, 3.63) is 11.6 Å². The first-order chi connectivity index (χ1) is 8.59. The van der Waals surface area contributed by atoms with Gasteiger partial charge in [0.1, 0.15) is 5.78 Å². The van der Waals surface area contributed by atoms with Gasteiger partial charge in [0.2, 0.25) is 0 Å². The number of ketones is 1. The van der Waals surface area contributed by atoms with E-state index in [9.17, 15) is 4.79 Å². The Kier molecular flexibility index (Phi) is 4.58. The van der Waals surface area contributed by atoms with Gasteiger partial charge in [-0.3, -0.25) is 4.79 Å². The van der Waals surface area contributed by atoms with Crippen molar-refractivity contribution in [2.24, 2.45) is 11.3 Å². The molecule has 1 nitrogen and oxygen atoms in total. The molecule has 0 saturated heterocycles. The minimum atomic E-state index is 0.188. The highest BCUT2D eigenvalue weighted by Crippen LogP contribution is 2.53. The van der Waals surface area contributed by atoms with E-state index in [1.54, 1.807) is 5.57 Å². The van der Waals surface area contributed by atoms with Crippen LogP contribution in [0.2, 0.25) is 0 Å². The van der Waals surface area contributed by atoms with Crippen molar-refractivity contribution in [3.63, 3.8) is 0 Å². The maximum Gasteiger partial charge on any atom is 0.137 e. The zero-order valence-electron chi connectivity index (χ0n) is 12.0. The third-order valence-corrected chi connectivity index (χ3v) is 6.09. The summed E-state index contributed by atoms with van der Waals surface area (Å²) in [6.45, 7) is 6.92. The topological polar surface area (TPSA) is 17.1 Å². The minimum Gasteiger partial charge on any atom is -0.299 e. The fourth-order valence-electron chi connectivity index (χ4n) is 3.67. The van der Waals surface area contributed by atoms with Crippen molar-refractivity contribution in [2.75, 3.05) is 5.75 Å². The molecule has 2 aliphatic carbocycles. The highest BCUT2D eigenvalue weighted by atomic mass is 32.2. The molecule has 0 aromatic rings. The summed E-state index contributed by atoms with van der Waals surface area (Å²) in [6.07, 6.45) is 9.10. The van der Waals surface area contributed by atoms with E-state index in [1.807, 2.05) is 0 Å². The Hall–Kier alpha value is -0.240. The van der Waals surface area contributed by atoms with Crippen molar-refractivity contribution in [2.45, 2.75) is 64.5 Å². The second-order valence-corrected chi connectivity index (χ2v) is 7.50. The van der Waals surface area contributed by atoms with E-state index in [0.29, 0.717) is 17.0 Å². The zero-order chi connectivity index (χ0) is 13.2. The molecule has 3 atom stereocenters. The van der Waals surface area contributed by atoms with Crippen LogP contribution in [-0.2, 0) is 4.79 Å². The summed E-state index contributed by atoms with van der Waals surface area (Å²) in [5.74, 6) is 2.07. The van der Waals surface area contributed by atoms with Gasteiger partial charge >= 0.3 is 0 Å². The van der Waals surface area contributed by atoms with Gasteiger partial charge in [-0.05, 0) is 43.8 Å². The average Bonchev–Trinajstić information content (AvgIpc) is 2.68. The number of allylic oxidation sites excluding steroid dienone is 1. The van der Waals surface area contributed by atoms with Crippen LogP contribution in [0.25, 0.3) is 0 Å². The van der Waals surface area contributed by atoms with Crippen LogP contribution in [0.15, 0.2) is 11.6 Å². The van der Waals surface area contributed by atoms with Gasteiger partial charge in [0.15, 0.2) is 0 Å². The standard InChI is InChI=1S/C16H26OS/c1-4-5-11-18-12(2)13-8-9-14-15(17)7-6-10-16(13,14)3/h8,12,14H,4-7,9-11H2,1-3H3/t12-,14?,16?/m1/s1. The molecular weight excluding hydrogens is 240 g/mol. The highest BCUT2D eigenvalue weighted by Gasteiger charge is 2.47. The molecule has 2 aliphatic rings. The van der Waals surface area contributed by atoms with Crippen molar-refractivity contribution in [1.82, 2.24) is 0 Å². The van der Waals surface area contributed by atoms with Crippen LogP contribution >= 0.6 is 11.8 Å². The molecule has 1 saturated carbocycles. The first kappa shape index (κ1) is 14.2. The molecule has 18 heavy (non-hydrogen) atoms. The van der Waals surface area contributed by atoms with Crippen LogP contribution in [0.5, 0.6) is 0 Å². The Bertz CT molecular complexity index is 347. The van der Waals surface area contributed by atoms with E-state index in [0.717, 1.165) is 19.3 Å². The number of hydrogen-bond acceptors (Lipinski definition) is 2. The molecule has 0 aromatic heterocycles. The lowest BCUT2D eigenvalue weighted by atomic mass is 9.65. The molecule has 0 aliphatic heterocycles. The minimum absolute atomic E-state index is 0.188. The number of thioether (sulfide) groups is 1. The number of unbranched alkanes of at least 4 members (excludes halogenated alkanes) is 1. The smallest absolute Gasteiger partial charge is 0.137 e. The van der Waals surface area contributed by atoms with Crippen molar-refractivity contribution in [3.8, 4) is 0 Å². The van der Waals surface area contributed by atoms with Crippen molar-refractivity contribution < 1.29 is 4.79 Å². The third-order valence-electron chi connectivity index (χ3n) is 4.81. The molecule has 0 spiro atoms. The molecular formula is C16H26OS. The Morgan fingerprint density at radius 2 is 2.33 bits per heavy atom. The number of fused-ring (bicyclic) bond motifs is 1. The molecule has 0 heterocycles. The van der Waals surface area contributed by atoms with Crippen LogP contribution in [0.3, 0.4) is 0 Å². The number of rotatable bonds is 5. The van der Waals surface area contributed by atoms with Crippen LogP contribution in [-0.4, -0.2) is 16.8 Å². The monoisotopic (exact) mass is 266 g/mol. The number of carbonyl (C=O) groups is 1. The molecule has 2 rings (SSSR count). The maximum absolute atomic E-state index is 12.1. The molecule has 0 amide bonds. The summed E-state index contributed by atoms with van der Waals surface area (Å²) in [6, 6.07) is 0. The van der Waals surface area contributed by atoms with E-state index >= 15 is 0 Å². The lowest BCUT2D eigenvalue weighted by molar-refractivity contribution is -0.128. The summed E-state index contributed by atoms with van der Waals surface area (Å²) in [4.78, 5) is 12.1. The Balaban J connectivity index is 2.03. The SMILES string of the molecule is CCCCS[C@H](C)C1=CCC2C(=O)CCCC12C. The summed E-state index contributed by atoms with van der Waals surface area (Å²) in [7, 11) is 0. The van der Waals surface area contributed by atoms with Gasteiger partial charge in [-0.25, -0.2) is 0 Å². The predicted octanol–water partition coefficient (Wildman–Crippen LogP) is 4.61. The fourth-order valence-corrected chi connectivity index (χ4v) is 5.03. The van der Waals surface area contributed by atoms with E-state index in [1.165, 1.54) is 25.0 Å². The Labute approximate surface area is 116 Å². The lowest BCUT2D eigenvalue weighted by Crippen LogP contribution is -2.37. The summed E-state index contributed by atoms with van der Waals surface area (Å²) in [5.41, 5.74) is 1.76. The maximum atomic E-state index is 12.1. The van der Waals surface area contributed by atoms with Gasteiger partial charge < -0.3 is 0 Å². The number of hydrogen-bond donors (Lipinski definition) is 0. The van der Waals surface area contributed by atoms with E-state index in [-0.39, 0.29) is 5.41 Å². The van der Waals surface area contributed by atoms with Gasteiger partial charge in [0.05, 0.1) is 0 Å². The van der Waals surface area contributed by atoms with Gasteiger partial charge in [0, 0.05) is 17.6 Å². The van der Waals surface area contributed by atoms with E-state index < -0.39 is 0 Å². The first-order valence-electron chi connectivity index (χ1n) is 7.44. The first-order valence-corrected chi connectivity index (χ1v) is 8.49. The highest BCUT2D eigenvalue weighted by molar-refractivity contribution is 8.00. The fraction of sp³-hybridized carbons (Fsp3) is 0.812. The molecule has 0 bridgehead atoms. The number of carbonyl (C=O) groups excluding carboxylic acids is 1. The molecule has 0 aromatic carbocycles. The number of Topliss-reactive ketones (excluding diaryl/α,β-unsaturated/α-hetero) is 1. The third kappa shape index (κ3) is 2.54. The lowest BCUT2D eigenvalue weighted by Gasteiger charge is -2.39. The molecule has 0 N–H and O–H groups in total. The van der Waals surface area contributed by atoms with Gasteiger partial charge in [-0.15, -0.1) is 0 Å². The van der Waals surface area contributed by atoms with E-state index in [2.05, 4.69) is 38.6 Å². The quantitative estimate of drug-likeness (QED) is 0.534. The van der Waals surface area contributed by atoms with Crippen molar-refractivity contribution >= 4 is 17.5 Å². The summed E-state index contributed by atoms with van der Waals surface area (Å²) >= 11 is 2.07. The van der Waals surface area contributed by atoms with E-state index in [4.69, 9.17) is 0 Å². The molecule has 0 radical (unpaired) electrons. The molecule has 2 heteroatoms. The van der Waals surface area contributed by atoms with Crippen molar-refractivity contribution in [1.29, 1.82) is 0 Å². The normalized spacial score (nSPS) is 33.2. The molecule has 1 fully saturated rings. The second-order valence-electron chi connectivity index (χ2n) is 6.05. The Morgan fingerprint density at radius 3 is 3.06 bits per heavy atom. The zero-order valence-corrected chi connectivity index (χ0v) is 12.8. The van der Waals surface area contributed by atoms with Crippen LogP contribution in [0.4, 0.5) is 0 Å².